The minimum absolute atomic E-state index is 0.240. The second kappa shape index (κ2) is 5.43. The fourth-order valence-electron chi connectivity index (χ4n) is 1.44. The third-order valence-electron chi connectivity index (χ3n) is 2.29. The molecule has 0 spiro atoms. The number of aromatic nitrogens is 4. The number of H-pyrrole nitrogens is 1. The SMILES string of the molecule is FC(F)(F)c1cnc(Cl)nc1NCCc1c[nH]cn1. The van der Waals surface area contributed by atoms with Gasteiger partial charge in [-0.3, -0.25) is 0 Å². The molecule has 0 radical (unpaired) electrons. The van der Waals surface area contributed by atoms with Crippen LogP contribution in [0.2, 0.25) is 5.28 Å². The van der Waals surface area contributed by atoms with E-state index in [9.17, 15) is 13.2 Å². The van der Waals surface area contributed by atoms with E-state index in [1.54, 1.807) is 6.20 Å². The molecule has 0 saturated carbocycles. The second-order valence-electron chi connectivity index (χ2n) is 3.64. The molecule has 0 aliphatic heterocycles. The topological polar surface area (TPSA) is 66.5 Å². The van der Waals surface area contributed by atoms with Crippen LogP contribution in [0, 0.1) is 0 Å². The molecule has 0 saturated heterocycles. The highest BCUT2D eigenvalue weighted by Crippen LogP contribution is 2.33. The Morgan fingerprint density at radius 1 is 1.32 bits per heavy atom. The van der Waals surface area contributed by atoms with Gasteiger partial charge in [-0.05, 0) is 11.6 Å². The molecule has 9 heteroatoms. The summed E-state index contributed by atoms with van der Waals surface area (Å²) < 4.78 is 38.1. The summed E-state index contributed by atoms with van der Waals surface area (Å²) in [5.74, 6) is -0.331. The van der Waals surface area contributed by atoms with Gasteiger partial charge in [-0.15, -0.1) is 0 Å². The number of rotatable bonds is 4. The number of aromatic amines is 1. The van der Waals surface area contributed by atoms with Crippen LogP contribution in [0.1, 0.15) is 11.3 Å². The average molecular weight is 292 g/mol. The number of hydrogen-bond acceptors (Lipinski definition) is 4. The Hall–Kier alpha value is -1.83. The lowest BCUT2D eigenvalue weighted by Gasteiger charge is -2.12. The normalized spacial score (nSPS) is 11.6. The molecule has 0 fully saturated rings. The van der Waals surface area contributed by atoms with Crippen LogP contribution in [0.3, 0.4) is 0 Å². The van der Waals surface area contributed by atoms with E-state index in [0.29, 0.717) is 12.6 Å². The van der Waals surface area contributed by atoms with Crippen molar-refractivity contribution in [3.63, 3.8) is 0 Å². The van der Waals surface area contributed by atoms with Gasteiger partial charge < -0.3 is 10.3 Å². The first-order valence-corrected chi connectivity index (χ1v) is 5.66. The third-order valence-corrected chi connectivity index (χ3v) is 2.48. The summed E-state index contributed by atoms with van der Waals surface area (Å²) in [6.45, 7) is 0.251. The number of hydrogen-bond donors (Lipinski definition) is 2. The van der Waals surface area contributed by atoms with Gasteiger partial charge in [-0.25, -0.2) is 15.0 Å². The van der Waals surface area contributed by atoms with E-state index < -0.39 is 11.7 Å². The van der Waals surface area contributed by atoms with Crippen LogP contribution >= 0.6 is 11.6 Å². The molecule has 0 bridgehead atoms. The number of halogens is 4. The van der Waals surface area contributed by atoms with Gasteiger partial charge in [0, 0.05) is 25.4 Å². The summed E-state index contributed by atoms with van der Waals surface area (Å²) in [6.07, 6.45) is -0.245. The van der Waals surface area contributed by atoms with Gasteiger partial charge in [-0.1, -0.05) is 0 Å². The Balaban J connectivity index is 2.08. The number of anilines is 1. The molecule has 0 atom stereocenters. The zero-order chi connectivity index (χ0) is 13.9. The van der Waals surface area contributed by atoms with E-state index in [1.807, 2.05) is 0 Å². The zero-order valence-electron chi connectivity index (χ0n) is 9.50. The minimum atomic E-state index is -4.53. The summed E-state index contributed by atoms with van der Waals surface area (Å²) in [6, 6.07) is 0. The van der Waals surface area contributed by atoms with E-state index >= 15 is 0 Å². The van der Waals surface area contributed by atoms with Gasteiger partial charge in [0.1, 0.15) is 11.4 Å². The molecule has 0 aromatic carbocycles. The van der Waals surface area contributed by atoms with Gasteiger partial charge in [0.05, 0.1) is 12.0 Å². The number of nitrogens with one attached hydrogen (secondary N) is 2. The van der Waals surface area contributed by atoms with E-state index in [0.717, 1.165) is 5.69 Å². The molecule has 0 amide bonds. The van der Waals surface area contributed by atoms with Crippen LogP contribution in [0.25, 0.3) is 0 Å². The summed E-state index contributed by atoms with van der Waals surface area (Å²) in [5, 5.41) is 2.35. The lowest BCUT2D eigenvalue weighted by Crippen LogP contribution is -2.15. The highest BCUT2D eigenvalue weighted by atomic mass is 35.5. The Labute approximate surface area is 111 Å². The quantitative estimate of drug-likeness (QED) is 0.850. The molecule has 0 aliphatic rings. The van der Waals surface area contributed by atoms with Crippen molar-refractivity contribution in [3.8, 4) is 0 Å². The molecule has 102 valence electrons. The molecule has 2 rings (SSSR count). The lowest BCUT2D eigenvalue weighted by molar-refractivity contribution is -0.137. The molecular weight excluding hydrogens is 283 g/mol. The summed E-state index contributed by atoms with van der Waals surface area (Å²) in [5.41, 5.74) is -0.208. The van der Waals surface area contributed by atoms with Crippen LogP contribution in [0.15, 0.2) is 18.7 Å². The molecule has 2 N–H and O–H groups in total. The van der Waals surface area contributed by atoms with Crippen LogP contribution in [0.5, 0.6) is 0 Å². The van der Waals surface area contributed by atoms with E-state index in [4.69, 9.17) is 11.6 Å². The average Bonchev–Trinajstić information content (AvgIpc) is 2.80. The molecule has 0 unspecified atom stereocenters. The molecule has 5 nitrogen and oxygen atoms in total. The van der Waals surface area contributed by atoms with Crippen LogP contribution in [-0.4, -0.2) is 26.5 Å². The maximum atomic E-state index is 12.7. The maximum absolute atomic E-state index is 12.7. The predicted molar refractivity (Wildman–Crippen MR) is 62.8 cm³/mol. The van der Waals surface area contributed by atoms with Crippen molar-refractivity contribution in [2.45, 2.75) is 12.6 Å². The fourth-order valence-corrected chi connectivity index (χ4v) is 1.57. The van der Waals surface area contributed by atoms with Crippen molar-refractivity contribution < 1.29 is 13.2 Å². The number of alkyl halides is 3. The molecule has 2 heterocycles. The Kier molecular flexibility index (Phi) is 3.89. The largest absolute Gasteiger partial charge is 0.421 e. The summed E-state index contributed by atoms with van der Waals surface area (Å²) >= 11 is 5.50. The van der Waals surface area contributed by atoms with Gasteiger partial charge in [0.15, 0.2) is 0 Å². The zero-order valence-corrected chi connectivity index (χ0v) is 10.3. The van der Waals surface area contributed by atoms with Gasteiger partial charge >= 0.3 is 6.18 Å². The Morgan fingerprint density at radius 3 is 2.74 bits per heavy atom. The van der Waals surface area contributed by atoms with Crippen molar-refractivity contribution in [1.29, 1.82) is 0 Å². The van der Waals surface area contributed by atoms with Crippen LogP contribution in [-0.2, 0) is 12.6 Å². The highest BCUT2D eigenvalue weighted by molar-refractivity contribution is 6.28. The van der Waals surface area contributed by atoms with Gasteiger partial charge in [-0.2, -0.15) is 13.2 Å². The van der Waals surface area contributed by atoms with Crippen molar-refractivity contribution >= 4 is 17.4 Å². The second-order valence-corrected chi connectivity index (χ2v) is 3.97. The van der Waals surface area contributed by atoms with Gasteiger partial charge in [0.2, 0.25) is 5.28 Å². The monoisotopic (exact) mass is 291 g/mol. The standard InChI is InChI=1S/C10H9ClF3N5/c11-9-17-4-7(10(12,13)14)8(19-9)16-2-1-6-3-15-5-18-6/h3-5H,1-2H2,(H,15,18)(H,16,17,19). The first-order chi connectivity index (χ1) is 8.97. The molecular formula is C10H9ClF3N5. The maximum Gasteiger partial charge on any atom is 0.421 e. The number of imidazole rings is 1. The molecule has 2 aromatic rings. The third kappa shape index (κ3) is 3.57. The number of nitrogens with zero attached hydrogens (tertiary/aromatic N) is 3. The smallest absolute Gasteiger partial charge is 0.369 e. The van der Waals surface area contributed by atoms with Crippen molar-refractivity contribution in [1.82, 2.24) is 19.9 Å². The first-order valence-electron chi connectivity index (χ1n) is 5.28. The first kappa shape index (κ1) is 13.6. The highest BCUT2D eigenvalue weighted by Gasteiger charge is 2.35. The summed E-state index contributed by atoms with van der Waals surface area (Å²) in [7, 11) is 0. The van der Waals surface area contributed by atoms with E-state index in [1.165, 1.54) is 6.33 Å². The fraction of sp³-hybridized carbons (Fsp3) is 0.300. The van der Waals surface area contributed by atoms with Crippen molar-refractivity contribution in [3.05, 3.63) is 35.3 Å². The Bertz CT molecular complexity index is 541. The van der Waals surface area contributed by atoms with E-state index in [-0.39, 0.29) is 17.6 Å². The minimum Gasteiger partial charge on any atom is -0.369 e. The van der Waals surface area contributed by atoms with E-state index in [2.05, 4.69) is 25.3 Å². The molecule has 0 aliphatic carbocycles. The molecule has 19 heavy (non-hydrogen) atoms. The van der Waals surface area contributed by atoms with Crippen molar-refractivity contribution in [2.75, 3.05) is 11.9 Å². The van der Waals surface area contributed by atoms with Crippen molar-refractivity contribution in [2.24, 2.45) is 0 Å². The Morgan fingerprint density at radius 2 is 2.11 bits per heavy atom. The lowest BCUT2D eigenvalue weighted by atomic mass is 10.3. The summed E-state index contributed by atoms with van der Waals surface area (Å²) in [4.78, 5) is 13.6. The van der Waals surface area contributed by atoms with Gasteiger partial charge in [0.25, 0.3) is 0 Å². The van der Waals surface area contributed by atoms with Crippen LogP contribution < -0.4 is 5.32 Å². The predicted octanol–water partition coefficient (Wildman–Crippen LogP) is 2.53. The molecule has 2 aromatic heterocycles. The van der Waals surface area contributed by atoms with Crippen LogP contribution in [0.4, 0.5) is 19.0 Å².